The number of anilines is 2. The number of ether oxygens (including phenoxy) is 1. The van der Waals surface area contributed by atoms with E-state index in [0.717, 1.165) is 6.42 Å². The Balaban J connectivity index is 1.69. The molecule has 0 aliphatic rings. The van der Waals surface area contributed by atoms with Gasteiger partial charge in [-0.1, -0.05) is 30.7 Å². The van der Waals surface area contributed by atoms with E-state index in [-0.39, 0.29) is 11.8 Å². The second-order valence-corrected chi connectivity index (χ2v) is 7.78. The van der Waals surface area contributed by atoms with Crippen molar-refractivity contribution in [2.75, 3.05) is 17.2 Å². The van der Waals surface area contributed by atoms with Crippen LogP contribution in [0.15, 0.2) is 71.2 Å². The first-order chi connectivity index (χ1) is 14.5. The van der Waals surface area contributed by atoms with Crippen LogP contribution < -0.4 is 15.4 Å². The first-order valence-corrected chi connectivity index (χ1v) is 10.5. The van der Waals surface area contributed by atoms with E-state index in [1.807, 2.05) is 6.92 Å². The van der Waals surface area contributed by atoms with Crippen LogP contribution in [0.25, 0.3) is 0 Å². The summed E-state index contributed by atoms with van der Waals surface area (Å²) in [5.41, 5.74) is 2.00. The van der Waals surface area contributed by atoms with Crippen LogP contribution in [0.2, 0.25) is 5.02 Å². The third kappa shape index (κ3) is 5.84. The highest BCUT2D eigenvalue weighted by Crippen LogP contribution is 2.26. The Morgan fingerprint density at radius 3 is 2.17 bits per heavy atom. The van der Waals surface area contributed by atoms with Crippen molar-refractivity contribution in [1.29, 1.82) is 0 Å². The number of carbonyl (C=O) groups is 2. The molecule has 0 aromatic heterocycles. The second-order valence-electron chi connectivity index (χ2n) is 6.49. The highest BCUT2D eigenvalue weighted by Gasteiger charge is 2.12. The summed E-state index contributed by atoms with van der Waals surface area (Å²) in [5.74, 6) is 0.103. The van der Waals surface area contributed by atoms with E-state index in [1.165, 1.54) is 0 Å². The van der Waals surface area contributed by atoms with Gasteiger partial charge in [-0.25, -0.2) is 0 Å². The first kappa shape index (κ1) is 21.9. The summed E-state index contributed by atoms with van der Waals surface area (Å²) in [6.07, 6.45) is 0.899. The van der Waals surface area contributed by atoms with E-state index in [1.54, 1.807) is 66.7 Å². The zero-order valence-electron chi connectivity index (χ0n) is 16.2. The average molecular weight is 488 g/mol. The third-order valence-corrected chi connectivity index (χ3v) is 4.98. The lowest BCUT2D eigenvalue weighted by atomic mass is 10.1. The van der Waals surface area contributed by atoms with E-state index in [0.29, 0.717) is 44.4 Å². The zero-order chi connectivity index (χ0) is 21.5. The smallest absolute Gasteiger partial charge is 0.255 e. The van der Waals surface area contributed by atoms with Gasteiger partial charge in [0.05, 0.1) is 11.1 Å². The molecule has 0 atom stereocenters. The van der Waals surface area contributed by atoms with Gasteiger partial charge in [0, 0.05) is 27.5 Å². The molecule has 0 saturated carbocycles. The summed E-state index contributed by atoms with van der Waals surface area (Å²) in [7, 11) is 0. The van der Waals surface area contributed by atoms with Crippen molar-refractivity contribution in [2.24, 2.45) is 0 Å². The molecule has 0 heterocycles. The first-order valence-electron chi connectivity index (χ1n) is 9.37. The van der Waals surface area contributed by atoms with Gasteiger partial charge in [-0.2, -0.15) is 0 Å². The van der Waals surface area contributed by atoms with Gasteiger partial charge in [0.2, 0.25) is 0 Å². The fraction of sp³-hybridized carbons (Fsp3) is 0.130. The number of carbonyl (C=O) groups excluding carboxylic acids is 2. The maximum Gasteiger partial charge on any atom is 0.255 e. The summed E-state index contributed by atoms with van der Waals surface area (Å²) in [6, 6.07) is 18.8. The van der Waals surface area contributed by atoms with Gasteiger partial charge in [-0.3, -0.25) is 9.59 Å². The predicted molar refractivity (Wildman–Crippen MR) is 124 cm³/mol. The van der Waals surface area contributed by atoms with Gasteiger partial charge < -0.3 is 15.4 Å². The maximum absolute atomic E-state index is 12.6. The summed E-state index contributed by atoms with van der Waals surface area (Å²) < 4.78 is 6.31. The molecule has 154 valence electrons. The molecule has 3 aromatic carbocycles. The molecule has 30 heavy (non-hydrogen) atoms. The standard InChI is InChI=1S/C23H20BrClN2O3/c1-2-11-30-21-10-9-16(13-20(21)24)23(29)26-18-7-3-5-15(12-18)22(28)27-19-8-4-6-17(25)14-19/h3-10,12-14H,2,11H2,1H3,(H,26,29)(H,27,28). The van der Waals surface area contributed by atoms with Crippen LogP contribution >= 0.6 is 27.5 Å². The van der Waals surface area contributed by atoms with E-state index in [4.69, 9.17) is 16.3 Å². The molecule has 5 nitrogen and oxygen atoms in total. The number of benzene rings is 3. The molecule has 0 unspecified atom stereocenters. The number of halogens is 2. The van der Waals surface area contributed by atoms with Crippen LogP contribution in [0, 0.1) is 0 Å². The number of hydrogen-bond donors (Lipinski definition) is 2. The van der Waals surface area contributed by atoms with E-state index in [9.17, 15) is 9.59 Å². The minimum absolute atomic E-state index is 0.287. The van der Waals surface area contributed by atoms with Gasteiger partial charge in [0.15, 0.2) is 0 Å². The second kappa shape index (κ2) is 10.3. The molecule has 0 aliphatic carbocycles. The fourth-order valence-corrected chi connectivity index (χ4v) is 3.37. The molecule has 0 aliphatic heterocycles. The molecule has 2 amide bonds. The lowest BCUT2D eigenvalue weighted by Gasteiger charge is -2.11. The molecule has 3 rings (SSSR count). The molecule has 3 aromatic rings. The summed E-state index contributed by atoms with van der Waals surface area (Å²) in [4.78, 5) is 25.1. The minimum Gasteiger partial charge on any atom is -0.492 e. The lowest BCUT2D eigenvalue weighted by molar-refractivity contribution is 0.101. The Morgan fingerprint density at radius 1 is 0.900 bits per heavy atom. The van der Waals surface area contributed by atoms with Gasteiger partial charge in [-0.15, -0.1) is 0 Å². The molecule has 0 bridgehead atoms. The van der Waals surface area contributed by atoms with E-state index in [2.05, 4.69) is 26.6 Å². The number of amides is 2. The Kier molecular flexibility index (Phi) is 7.49. The minimum atomic E-state index is -0.298. The molecule has 2 N–H and O–H groups in total. The molecule has 0 spiro atoms. The number of rotatable bonds is 7. The van der Waals surface area contributed by atoms with Crippen LogP contribution in [-0.2, 0) is 0 Å². The highest BCUT2D eigenvalue weighted by atomic mass is 79.9. The Labute approximate surface area is 188 Å². The van der Waals surface area contributed by atoms with Crippen molar-refractivity contribution in [3.8, 4) is 5.75 Å². The monoisotopic (exact) mass is 486 g/mol. The molecule has 0 saturated heterocycles. The van der Waals surface area contributed by atoms with Crippen molar-refractivity contribution in [3.05, 3.63) is 87.4 Å². The maximum atomic E-state index is 12.6. The Morgan fingerprint density at radius 2 is 1.53 bits per heavy atom. The average Bonchev–Trinajstić information content (AvgIpc) is 2.73. The van der Waals surface area contributed by atoms with Gasteiger partial charge in [-0.05, 0) is 76.9 Å². The molecule has 7 heteroatoms. The molecular weight excluding hydrogens is 468 g/mol. The van der Waals surface area contributed by atoms with Crippen LogP contribution in [0.3, 0.4) is 0 Å². The van der Waals surface area contributed by atoms with Crippen LogP contribution in [0.5, 0.6) is 5.75 Å². The van der Waals surface area contributed by atoms with Gasteiger partial charge in [0.25, 0.3) is 11.8 Å². The third-order valence-electron chi connectivity index (χ3n) is 4.12. The number of hydrogen-bond acceptors (Lipinski definition) is 3. The SMILES string of the molecule is CCCOc1ccc(C(=O)Nc2cccc(C(=O)Nc3cccc(Cl)c3)c2)cc1Br. The van der Waals surface area contributed by atoms with Crippen molar-refractivity contribution in [1.82, 2.24) is 0 Å². The fourth-order valence-electron chi connectivity index (χ4n) is 2.68. The quantitative estimate of drug-likeness (QED) is 0.405. The van der Waals surface area contributed by atoms with E-state index >= 15 is 0 Å². The topological polar surface area (TPSA) is 67.4 Å². The van der Waals surface area contributed by atoms with E-state index < -0.39 is 0 Å². The zero-order valence-corrected chi connectivity index (χ0v) is 18.6. The normalized spacial score (nSPS) is 10.4. The van der Waals surface area contributed by atoms with Crippen molar-refractivity contribution >= 4 is 50.7 Å². The summed E-state index contributed by atoms with van der Waals surface area (Å²) >= 11 is 9.38. The molecule has 0 radical (unpaired) electrons. The van der Waals surface area contributed by atoms with Crippen LogP contribution in [-0.4, -0.2) is 18.4 Å². The summed E-state index contributed by atoms with van der Waals surface area (Å²) in [5, 5.41) is 6.13. The number of nitrogens with one attached hydrogen (secondary N) is 2. The van der Waals surface area contributed by atoms with Crippen LogP contribution in [0.1, 0.15) is 34.1 Å². The van der Waals surface area contributed by atoms with Gasteiger partial charge >= 0.3 is 0 Å². The van der Waals surface area contributed by atoms with Crippen LogP contribution in [0.4, 0.5) is 11.4 Å². The molecular formula is C23H20BrClN2O3. The Hall–Kier alpha value is -2.83. The van der Waals surface area contributed by atoms with Crippen molar-refractivity contribution in [2.45, 2.75) is 13.3 Å². The Bertz CT molecular complexity index is 1070. The lowest BCUT2D eigenvalue weighted by Crippen LogP contribution is -2.14. The highest BCUT2D eigenvalue weighted by molar-refractivity contribution is 9.10. The largest absolute Gasteiger partial charge is 0.492 e. The van der Waals surface area contributed by atoms with Crippen molar-refractivity contribution in [3.63, 3.8) is 0 Å². The van der Waals surface area contributed by atoms with Crippen molar-refractivity contribution < 1.29 is 14.3 Å². The predicted octanol–water partition coefficient (Wildman–Crippen LogP) is 6.40. The van der Waals surface area contributed by atoms with Gasteiger partial charge in [0.1, 0.15) is 5.75 Å². The summed E-state index contributed by atoms with van der Waals surface area (Å²) in [6.45, 7) is 2.63. The molecule has 0 fully saturated rings.